The number of hydrogen-bond acceptors (Lipinski definition) is 7. The van der Waals surface area contributed by atoms with Gasteiger partial charge in [0.15, 0.2) is 6.10 Å². The highest BCUT2D eigenvalue weighted by molar-refractivity contribution is 7.47. The molecule has 0 saturated carbocycles. The molecule has 0 rings (SSSR count). The molecule has 0 amide bonds. The molecule has 2 atom stereocenters. The monoisotopic (exact) mass is 1410 g/mol. The zero-order valence-corrected chi connectivity index (χ0v) is 66.3. The van der Waals surface area contributed by atoms with Crippen LogP contribution in [0.4, 0.5) is 0 Å². The molecule has 0 radical (unpaired) electrons. The Morgan fingerprint density at radius 1 is 0.310 bits per heavy atom. The van der Waals surface area contributed by atoms with Gasteiger partial charge in [-0.3, -0.25) is 18.6 Å². The number of phosphoric acid groups is 1. The highest BCUT2D eigenvalue weighted by Gasteiger charge is 2.27. The van der Waals surface area contributed by atoms with Crippen molar-refractivity contribution in [2.24, 2.45) is 0 Å². The van der Waals surface area contributed by atoms with E-state index in [0.29, 0.717) is 17.4 Å². The summed E-state index contributed by atoms with van der Waals surface area (Å²) in [5.74, 6) is -0.790. The summed E-state index contributed by atoms with van der Waals surface area (Å²) < 4.78 is 34.9. The van der Waals surface area contributed by atoms with Crippen molar-refractivity contribution in [3.63, 3.8) is 0 Å². The molecule has 0 aliphatic rings. The van der Waals surface area contributed by atoms with Crippen LogP contribution in [-0.2, 0) is 32.7 Å². The fourth-order valence-electron chi connectivity index (χ4n) is 11.4. The molecule has 2 unspecified atom stereocenters. The first-order valence-corrected chi connectivity index (χ1v) is 42.7. The summed E-state index contributed by atoms with van der Waals surface area (Å²) in [7, 11) is 1.48. The molecule has 0 aliphatic heterocycles. The van der Waals surface area contributed by atoms with Gasteiger partial charge in [-0.05, 0) is 122 Å². The summed E-state index contributed by atoms with van der Waals surface area (Å²) in [6.07, 6.45) is 118. The third-order valence-electron chi connectivity index (χ3n) is 17.6. The minimum atomic E-state index is -4.40. The third kappa shape index (κ3) is 82.6. The van der Waals surface area contributed by atoms with Crippen LogP contribution in [0.15, 0.2) is 158 Å². The molecule has 1 N–H and O–H groups in total. The lowest BCUT2D eigenvalue weighted by Gasteiger charge is -2.24. The second kappa shape index (κ2) is 78.8. The van der Waals surface area contributed by atoms with Crippen molar-refractivity contribution in [3.05, 3.63) is 158 Å². The maximum atomic E-state index is 12.9. The van der Waals surface area contributed by atoms with Gasteiger partial charge >= 0.3 is 19.8 Å². The summed E-state index contributed by atoms with van der Waals surface area (Å²) in [4.78, 5) is 36.0. The van der Waals surface area contributed by atoms with Crippen LogP contribution in [0.25, 0.3) is 0 Å². The summed E-state index contributed by atoms with van der Waals surface area (Å²) in [5, 5.41) is 0. The van der Waals surface area contributed by atoms with Crippen LogP contribution in [0.2, 0.25) is 0 Å². The Balaban J connectivity index is 3.97. The summed E-state index contributed by atoms with van der Waals surface area (Å²) >= 11 is 0. The lowest BCUT2D eigenvalue weighted by atomic mass is 10.0. The van der Waals surface area contributed by atoms with Crippen LogP contribution in [-0.4, -0.2) is 74.9 Å². The van der Waals surface area contributed by atoms with E-state index in [0.717, 1.165) is 122 Å². The van der Waals surface area contributed by atoms with Gasteiger partial charge in [-0.1, -0.05) is 371 Å². The molecule has 0 spiro atoms. The number of hydrogen-bond donors (Lipinski definition) is 1. The number of unbranched alkanes of at least 4 members (excludes halogenated alkanes) is 35. The molecule has 9 nitrogen and oxygen atoms in total. The molecule has 0 aliphatic carbocycles. The molecule has 0 aromatic rings. The van der Waals surface area contributed by atoms with E-state index in [-0.39, 0.29) is 32.0 Å². The Kier molecular flexibility index (Phi) is 75.3. The van der Waals surface area contributed by atoms with Gasteiger partial charge in [-0.25, -0.2) is 4.57 Å². The largest absolute Gasteiger partial charge is 0.472 e. The molecule has 10 heteroatoms. The van der Waals surface area contributed by atoms with Crippen molar-refractivity contribution in [2.45, 2.75) is 354 Å². The number of carbonyl (C=O) groups is 2. The van der Waals surface area contributed by atoms with E-state index in [1.165, 1.54) is 193 Å². The summed E-state index contributed by atoms with van der Waals surface area (Å²) in [6, 6.07) is 0. The fourth-order valence-corrected chi connectivity index (χ4v) is 12.1. The van der Waals surface area contributed by atoms with Crippen molar-refractivity contribution in [1.82, 2.24) is 0 Å². The predicted octanol–water partition coefficient (Wildman–Crippen LogP) is 27.8. The molecule has 100 heavy (non-hydrogen) atoms. The minimum Gasteiger partial charge on any atom is -0.462 e. The molecule has 0 fully saturated rings. The van der Waals surface area contributed by atoms with E-state index >= 15 is 0 Å². The average molecular weight is 1410 g/mol. The zero-order chi connectivity index (χ0) is 72.5. The smallest absolute Gasteiger partial charge is 0.462 e. The maximum Gasteiger partial charge on any atom is 0.472 e. The van der Waals surface area contributed by atoms with Gasteiger partial charge in [0.05, 0.1) is 27.7 Å². The van der Waals surface area contributed by atoms with Crippen LogP contribution in [0, 0.1) is 0 Å². The van der Waals surface area contributed by atoms with Crippen molar-refractivity contribution in [1.29, 1.82) is 0 Å². The Bertz CT molecular complexity index is 2250. The van der Waals surface area contributed by atoms with E-state index in [9.17, 15) is 19.0 Å². The summed E-state index contributed by atoms with van der Waals surface area (Å²) in [6.45, 7) is 4.23. The molecule has 0 aromatic heterocycles. The van der Waals surface area contributed by atoms with E-state index in [1.54, 1.807) is 0 Å². The average Bonchev–Trinajstić information content (AvgIpc) is 1.07. The number of nitrogens with zero attached hydrogens (tertiary/aromatic N) is 1. The molecule has 0 saturated heterocycles. The van der Waals surface area contributed by atoms with Crippen LogP contribution >= 0.6 is 7.82 Å². The van der Waals surface area contributed by atoms with Gasteiger partial charge < -0.3 is 18.9 Å². The Hall–Kier alpha value is -4.37. The quantitative estimate of drug-likeness (QED) is 0.0211. The first-order valence-electron chi connectivity index (χ1n) is 41.2. The van der Waals surface area contributed by atoms with Gasteiger partial charge in [-0.15, -0.1) is 0 Å². The zero-order valence-electron chi connectivity index (χ0n) is 65.4. The van der Waals surface area contributed by atoms with Gasteiger partial charge in [0.1, 0.15) is 19.8 Å². The highest BCUT2D eigenvalue weighted by Crippen LogP contribution is 2.43. The number of carbonyl (C=O) groups excluding carboxylic acids is 2. The van der Waals surface area contributed by atoms with Crippen LogP contribution in [0.3, 0.4) is 0 Å². The first-order chi connectivity index (χ1) is 49.0. The van der Waals surface area contributed by atoms with Crippen molar-refractivity contribution < 1.29 is 42.1 Å². The highest BCUT2D eigenvalue weighted by atomic mass is 31.2. The first kappa shape index (κ1) is 95.6. The number of quaternary nitrogens is 1. The van der Waals surface area contributed by atoms with Crippen molar-refractivity contribution in [2.75, 3.05) is 47.5 Å². The Morgan fingerprint density at radius 3 is 0.800 bits per heavy atom. The molecule has 0 bridgehead atoms. The Morgan fingerprint density at radius 2 is 0.540 bits per heavy atom. The Labute approximate surface area is 617 Å². The van der Waals surface area contributed by atoms with Gasteiger partial charge in [0, 0.05) is 12.8 Å². The number of esters is 2. The number of allylic oxidation sites excluding steroid dienone is 26. The normalized spacial score (nSPS) is 13.9. The van der Waals surface area contributed by atoms with E-state index in [1.807, 2.05) is 21.1 Å². The number of ether oxygens (including phenoxy) is 2. The number of rotatable bonds is 75. The maximum absolute atomic E-state index is 12.9. The topological polar surface area (TPSA) is 108 Å². The van der Waals surface area contributed by atoms with Crippen molar-refractivity contribution in [3.8, 4) is 0 Å². The van der Waals surface area contributed by atoms with Crippen LogP contribution < -0.4 is 0 Å². The molecule has 0 aromatic carbocycles. The molecule has 572 valence electrons. The van der Waals surface area contributed by atoms with E-state index in [2.05, 4.69) is 172 Å². The third-order valence-corrected chi connectivity index (χ3v) is 18.5. The fraction of sp³-hybridized carbons (Fsp3) is 0.689. The SMILES string of the molecule is CC/C=C\C/C=C\C/C=C\C/C=C\C/C=C\C/C=C\C/C=C\C/C=C\CCCCCCCCCCCCCCCCC(=O)OC(COC(=O)CCCCCCCCCCCCCCCCCCCCCCC/C=C\C/C=C\C/C=C\C/C=C\C/C=C\CC)COP(=O)(O)OCC[N+](C)(C)C. The standard InChI is InChI=1S/C90H154NO8P/c1-6-8-10-12-14-16-18-20-22-24-26-28-30-32-34-36-38-40-42-44-45-47-49-51-53-55-57-59-61-63-65-67-69-71-73-75-77-79-81-83-90(93)99-88(87-98-100(94,95)97-85-84-91(3,4)5)86-96-89(92)82-80-78-76-74-72-70-68-66-64-62-60-58-56-54-52-50-48-46-43-41-39-37-35-33-31-29-27-25-23-21-19-17-15-13-11-9-7-2/h8-11,14-17,20-23,26-29,32-35,38,40,44-45,49,51,88H,6-7,12-13,18-19,24-25,30-31,36-37,39,41-43,46-48,50,52-87H2,1-5H3/p+1/b10-8-,11-9-,16-14-,17-15-,22-20-,23-21-,28-26-,29-27-,34-32-,35-33-,40-38-,45-44-,51-49-. The summed E-state index contributed by atoms with van der Waals surface area (Å²) in [5.41, 5.74) is 0. The minimum absolute atomic E-state index is 0.0277. The molecular weight excluding hydrogens is 1250 g/mol. The van der Waals surface area contributed by atoms with E-state index in [4.69, 9.17) is 18.5 Å². The lowest BCUT2D eigenvalue weighted by Crippen LogP contribution is -2.37. The predicted molar refractivity (Wildman–Crippen MR) is 436 cm³/mol. The number of likely N-dealkylation sites (N-methyl/N-ethyl adjacent to an activating group) is 1. The van der Waals surface area contributed by atoms with Crippen molar-refractivity contribution >= 4 is 19.8 Å². The lowest BCUT2D eigenvalue weighted by molar-refractivity contribution is -0.870. The molecular formula is C90H155NO8P+. The number of phosphoric ester groups is 1. The van der Waals surface area contributed by atoms with Gasteiger partial charge in [-0.2, -0.15) is 0 Å². The second-order valence-electron chi connectivity index (χ2n) is 28.4. The van der Waals surface area contributed by atoms with Gasteiger partial charge in [0.25, 0.3) is 0 Å². The second-order valence-corrected chi connectivity index (χ2v) is 29.8. The molecule has 0 heterocycles. The van der Waals surface area contributed by atoms with Crippen LogP contribution in [0.1, 0.15) is 348 Å². The van der Waals surface area contributed by atoms with Crippen LogP contribution in [0.5, 0.6) is 0 Å². The van der Waals surface area contributed by atoms with Gasteiger partial charge in [0.2, 0.25) is 0 Å². The van der Waals surface area contributed by atoms with E-state index < -0.39 is 26.5 Å².